The molecule has 2 aliphatic heterocycles. The van der Waals surface area contributed by atoms with Gasteiger partial charge in [0.25, 0.3) is 0 Å². The average Bonchev–Trinajstić information content (AvgIpc) is 3.27. The highest BCUT2D eigenvalue weighted by Crippen LogP contribution is 2.28. The Morgan fingerprint density at radius 1 is 1.29 bits per heavy atom. The summed E-state index contributed by atoms with van der Waals surface area (Å²) in [7, 11) is 3.20. The molecular formula is C21H26N4O3. The van der Waals surface area contributed by atoms with Crippen LogP contribution in [-0.4, -0.2) is 48.1 Å². The SMILES string of the molecule is COc1ccc(CC(=O)N2CCc3nc([C@@H]4CCCN4)ncc3C2)cc1OC. The van der Waals surface area contributed by atoms with E-state index in [1.54, 1.807) is 14.2 Å². The maximum absolute atomic E-state index is 12.8. The first-order valence-corrected chi connectivity index (χ1v) is 9.74. The lowest BCUT2D eigenvalue weighted by molar-refractivity contribution is -0.131. The van der Waals surface area contributed by atoms with Crippen LogP contribution >= 0.6 is 0 Å². The minimum Gasteiger partial charge on any atom is -0.493 e. The second-order valence-corrected chi connectivity index (χ2v) is 7.28. The first-order chi connectivity index (χ1) is 13.7. The van der Waals surface area contributed by atoms with Crippen molar-refractivity contribution in [2.24, 2.45) is 0 Å². The number of nitrogens with one attached hydrogen (secondary N) is 1. The number of hydrogen-bond donors (Lipinski definition) is 1. The van der Waals surface area contributed by atoms with Crippen molar-refractivity contribution < 1.29 is 14.3 Å². The van der Waals surface area contributed by atoms with Crippen LogP contribution in [0.15, 0.2) is 24.4 Å². The van der Waals surface area contributed by atoms with E-state index >= 15 is 0 Å². The molecule has 28 heavy (non-hydrogen) atoms. The normalized spacial score (nSPS) is 18.6. The fourth-order valence-electron chi connectivity index (χ4n) is 3.89. The number of fused-ring (bicyclic) bond motifs is 1. The summed E-state index contributed by atoms with van der Waals surface area (Å²) in [5, 5.41) is 3.44. The van der Waals surface area contributed by atoms with Gasteiger partial charge in [-0.1, -0.05) is 6.07 Å². The van der Waals surface area contributed by atoms with E-state index in [4.69, 9.17) is 14.5 Å². The van der Waals surface area contributed by atoms with Crippen molar-refractivity contribution in [1.82, 2.24) is 20.2 Å². The maximum atomic E-state index is 12.8. The van der Waals surface area contributed by atoms with E-state index in [0.717, 1.165) is 42.0 Å². The van der Waals surface area contributed by atoms with E-state index < -0.39 is 0 Å². The Hall–Kier alpha value is -2.67. The molecule has 0 unspecified atom stereocenters. The topological polar surface area (TPSA) is 76.6 Å². The molecule has 1 N–H and O–H groups in total. The van der Waals surface area contributed by atoms with Gasteiger partial charge in [0.05, 0.1) is 32.4 Å². The smallest absolute Gasteiger partial charge is 0.227 e. The minimum atomic E-state index is 0.0967. The van der Waals surface area contributed by atoms with Crippen LogP contribution in [0.25, 0.3) is 0 Å². The summed E-state index contributed by atoms with van der Waals surface area (Å²) in [6, 6.07) is 5.87. The maximum Gasteiger partial charge on any atom is 0.227 e. The van der Waals surface area contributed by atoms with Gasteiger partial charge in [-0.3, -0.25) is 4.79 Å². The van der Waals surface area contributed by atoms with E-state index in [1.807, 2.05) is 29.3 Å². The summed E-state index contributed by atoms with van der Waals surface area (Å²) in [5.41, 5.74) is 3.04. The van der Waals surface area contributed by atoms with Gasteiger partial charge in [-0.2, -0.15) is 0 Å². The zero-order valence-corrected chi connectivity index (χ0v) is 16.4. The quantitative estimate of drug-likeness (QED) is 0.853. The van der Waals surface area contributed by atoms with Crippen molar-refractivity contribution in [3.63, 3.8) is 0 Å². The second-order valence-electron chi connectivity index (χ2n) is 7.28. The molecule has 0 bridgehead atoms. The molecular weight excluding hydrogens is 356 g/mol. The number of methoxy groups -OCH3 is 2. The third-order valence-electron chi connectivity index (χ3n) is 5.48. The number of ether oxygens (including phenoxy) is 2. The number of amides is 1. The molecule has 2 aromatic rings. The molecule has 1 saturated heterocycles. The second kappa shape index (κ2) is 8.14. The van der Waals surface area contributed by atoms with Crippen LogP contribution in [0.4, 0.5) is 0 Å². The van der Waals surface area contributed by atoms with Gasteiger partial charge in [0, 0.05) is 31.3 Å². The fourth-order valence-corrected chi connectivity index (χ4v) is 3.89. The molecule has 0 radical (unpaired) electrons. The first-order valence-electron chi connectivity index (χ1n) is 9.74. The van der Waals surface area contributed by atoms with Crippen LogP contribution in [0, 0.1) is 0 Å². The molecule has 7 heteroatoms. The highest BCUT2D eigenvalue weighted by atomic mass is 16.5. The zero-order valence-electron chi connectivity index (χ0n) is 16.4. The van der Waals surface area contributed by atoms with Gasteiger partial charge in [0.15, 0.2) is 11.5 Å². The van der Waals surface area contributed by atoms with Gasteiger partial charge in [-0.25, -0.2) is 9.97 Å². The highest BCUT2D eigenvalue weighted by Gasteiger charge is 2.25. The average molecular weight is 382 g/mol. The molecule has 2 aliphatic rings. The predicted octanol–water partition coefficient (Wildman–Crippen LogP) is 2.05. The molecule has 4 rings (SSSR count). The summed E-state index contributed by atoms with van der Waals surface area (Å²) in [4.78, 5) is 24.0. The number of benzene rings is 1. The van der Waals surface area contributed by atoms with Gasteiger partial charge >= 0.3 is 0 Å². The summed E-state index contributed by atoms with van der Waals surface area (Å²) in [5.74, 6) is 2.29. The van der Waals surface area contributed by atoms with Crippen LogP contribution < -0.4 is 14.8 Å². The third kappa shape index (κ3) is 3.80. The Labute approximate surface area is 165 Å². The standard InChI is InChI=1S/C21H26N4O3/c1-27-18-6-5-14(10-19(18)28-2)11-20(26)25-9-7-16-15(13-25)12-23-21(24-16)17-4-3-8-22-17/h5-6,10,12,17,22H,3-4,7-9,11,13H2,1-2H3/t17-/m0/s1. The Morgan fingerprint density at radius 2 is 2.14 bits per heavy atom. The summed E-state index contributed by atoms with van der Waals surface area (Å²) in [6.07, 6.45) is 5.27. The van der Waals surface area contributed by atoms with Crippen LogP contribution in [0.3, 0.4) is 0 Å². The van der Waals surface area contributed by atoms with Crippen LogP contribution in [-0.2, 0) is 24.2 Å². The minimum absolute atomic E-state index is 0.0967. The van der Waals surface area contributed by atoms with Crippen molar-refractivity contribution in [3.8, 4) is 11.5 Å². The van der Waals surface area contributed by atoms with E-state index in [-0.39, 0.29) is 11.9 Å². The van der Waals surface area contributed by atoms with Crippen LogP contribution in [0.5, 0.6) is 11.5 Å². The van der Waals surface area contributed by atoms with Crippen molar-refractivity contribution >= 4 is 5.91 Å². The molecule has 1 atom stereocenters. The summed E-state index contributed by atoms with van der Waals surface area (Å²) in [6.45, 7) is 2.29. The Morgan fingerprint density at radius 3 is 2.89 bits per heavy atom. The summed E-state index contributed by atoms with van der Waals surface area (Å²) >= 11 is 0. The van der Waals surface area contributed by atoms with Crippen LogP contribution in [0.2, 0.25) is 0 Å². The molecule has 0 saturated carbocycles. The number of carbonyl (C=O) groups excluding carboxylic acids is 1. The predicted molar refractivity (Wildman–Crippen MR) is 104 cm³/mol. The van der Waals surface area contributed by atoms with Crippen molar-refractivity contribution in [3.05, 3.63) is 47.0 Å². The van der Waals surface area contributed by atoms with E-state index in [9.17, 15) is 4.79 Å². The Balaban J connectivity index is 1.43. The number of nitrogens with zero attached hydrogens (tertiary/aromatic N) is 3. The number of carbonyl (C=O) groups is 1. The summed E-state index contributed by atoms with van der Waals surface area (Å²) < 4.78 is 10.6. The molecule has 1 aromatic carbocycles. The largest absolute Gasteiger partial charge is 0.493 e. The monoisotopic (exact) mass is 382 g/mol. The molecule has 7 nitrogen and oxygen atoms in total. The van der Waals surface area contributed by atoms with Gasteiger partial charge in [-0.15, -0.1) is 0 Å². The lowest BCUT2D eigenvalue weighted by Crippen LogP contribution is -2.37. The van der Waals surface area contributed by atoms with Gasteiger partial charge in [-0.05, 0) is 37.1 Å². The fraction of sp³-hybridized carbons (Fsp3) is 0.476. The molecule has 148 valence electrons. The Kier molecular flexibility index (Phi) is 5.43. The number of rotatable bonds is 5. The number of aromatic nitrogens is 2. The number of hydrogen-bond acceptors (Lipinski definition) is 6. The lowest BCUT2D eigenvalue weighted by atomic mass is 10.0. The van der Waals surface area contributed by atoms with Gasteiger partial charge in [0.1, 0.15) is 5.82 Å². The van der Waals surface area contributed by atoms with Gasteiger partial charge in [0.2, 0.25) is 5.91 Å². The Bertz CT molecular complexity index is 865. The molecule has 0 spiro atoms. The van der Waals surface area contributed by atoms with Crippen LogP contribution in [0.1, 0.15) is 41.5 Å². The van der Waals surface area contributed by atoms with E-state index in [1.165, 1.54) is 6.42 Å². The van der Waals surface area contributed by atoms with Gasteiger partial charge < -0.3 is 19.7 Å². The third-order valence-corrected chi connectivity index (χ3v) is 5.48. The highest BCUT2D eigenvalue weighted by molar-refractivity contribution is 5.79. The van der Waals surface area contributed by atoms with Crippen molar-refractivity contribution in [2.45, 2.75) is 38.3 Å². The first kappa shape index (κ1) is 18.7. The van der Waals surface area contributed by atoms with E-state index in [2.05, 4.69) is 10.3 Å². The van der Waals surface area contributed by atoms with Crippen molar-refractivity contribution in [2.75, 3.05) is 27.3 Å². The zero-order chi connectivity index (χ0) is 19.5. The molecule has 1 aromatic heterocycles. The van der Waals surface area contributed by atoms with Crippen molar-refractivity contribution in [1.29, 1.82) is 0 Å². The lowest BCUT2D eigenvalue weighted by Gasteiger charge is -2.28. The van der Waals surface area contributed by atoms with E-state index in [0.29, 0.717) is 31.0 Å². The molecule has 1 fully saturated rings. The molecule has 1 amide bonds. The molecule has 0 aliphatic carbocycles. The molecule has 3 heterocycles.